The van der Waals surface area contributed by atoms with Crippen molar-refractivity contribution in [2.24, 2.45) is 5.92 Å². The van der Waals surface area contributed by atoms with Crippen molar-refractivity contribution in [2.75, 3.05) is 13.1 Å². The Labute approximate surface area is 137 Å². The summed E-state index contributed by atoms with van der Waals surface area (Å²) in [4.78, 5) is 13.9. The fourth-order valence-electron chi connectivity index (χ4n) is 2.75. The smallest absolute Gasteiger partial charge is 0.342 e. The second-order valence-electron chi connectivity index (χ2n) is 5.98. The third-order valence-electron chi connectivity index (χ3n) is 4.14. The molecule has 2 aromatic rings. The summed E-state index contributed by atoms with van der Waals surface area (Å²) in [5, 5.41) is 7.63. The summed E-state index contributed by atoms with van der Waals surface area (Å²) in [5.74, 6) is 0.409. The number of hydrogen-bond acceptors (Lipinski definition) is 3. The summed E-state index contributed by atoms with van der Waals surface area (Å²) in [6, 6.07) is 4.97. The van der Waals surface area contributed by atoms with E-state index in [2.05, 4.69) is 10.3 Å². The van der Waals surface area contributed by atoms with E-state index in [1.165, 1.54) is 12.1 Å². The van der Waals surface area contributed by atoms with Gasteiger partial charge in [0.25, 0.3) is 0 Å². The van der Waals surface area contributed by atoms with E-state index in [4.69, 9.17) is 0 Å². The van der Waals surface area contributed by atoms with Gasteiger partial charge >= 0.3 is 6.18 Å². The van der Waals surface area contributed by atoms with Crippen LogP contribution in [0.1, 0.15) is 17.5 Å². The first-order chi connectivity index (χ1) is 11.4. The van der Waals surface area contributed by atoms with Gasteiger partial charge in [0.05, 0.1) is 11.8 Å². The average molecular weight is 338 g/mol. The number of hydrogen-bond donors (Lipinski definition) is 0. The molecule has 0 bridgehead atoms. The highest BCUT2D eigenvalue weighted by molar-refractivity contribution is 5.77. The van der Waals surface area contributed by atoms with E-state index in [-0.39, 0.29) is 5.91 Å². The van der Waals surface area contributed by atoms with Crippen LogP contribution in [0, 0.1) is 5.92 Å². The summed E-state index contributed by atoms with van der Waals surface area (Å²) < 4.78 is 39.2. The number of nitrogens with zero attached hydrogens (tertiary/aromatic N) is 4. The third-order valence-corrected chi connectivity index (χ3v) is 4.14. The molecule has 0 N–H and O–H groups in total. The van der Waals surface area contributed by atoms with E-state index in [1.807, 2.05) is 0 Å². The minimum absolute atomic E-state index is 0.0322. The number of carbonyl (C=O) groups excluding carboxylic acids is 1. The first-order valence-corrected chi connectivity index (χ1v) is 7.70. The Kier molecular flexibility index (Phi) is 4.55. The Morgan fingerprint density at radius 1 is 1.21 bits per heavy atom. The van der Waals surface area contributed by atoms with Gasteiger partial charge in [-0.1, -0.05) is 17.3 Å². The van der Waals surface area contributed by atoms with E-state index in [1.54, 1.807) is 22.0 Å². The molecule has 24 heavy (non-hydrogen) atoms. The Hall–Kier alpha value is -2.38. The molecule has 0 radical (unpaired) electrons. The van der Waals surface area contributed by atoms with Crippen LogP contribution in [0.5, 0.6) is 0 Å². The summed E-state index contributed by atoms with van der Waals surface area (Å²) in [5.41, 5.74) is 0.0623. The zero-order valence-electron chi connectivity index (χ0n) is 12.9. The van der Waals surface area contributed by atoms with Crippen molar-refractivity contribution in [1.29, 1.82) is 0 Å². The summed E-state index contributed by atoms with van der Waals surface area (Å²) in [7, 11) is 0. The Morgan fingerprint density at radius 3 is 2.50 bits per heavy atom. The Balaban J connectivity index is 1.42. The van der Waals surface area contributed by atoms with Crippen LogP contribution in [-0.2, 0) is 23.9 Å². The lowest BCUT2D eigenvalue weighted by atomic mass is 9.99. The van der Waals surface area contributed by atoms with Gasteiger partial charge in [0.15, 0.2) is 0 Å². The zero-order valence-corrected chi connectivity index (χ0v) is 12.9. The molecule has 128 valence electrons. The standard InChI is InChI=1S/C16H17F3N4O/c17-16(18,19)14-4-1-12(2-5-14)3-6-15(24)22-9-13(10-22)11-23-8-7-20-21-23/h1-2,4-5,7-8,13H,3,6,9-11H2. The molecule has 1 aromatic heterocycles. The van der Waals surface area contributed by atoms with Gasteiger partial charge in [-0.3, -0.25) is 9.48 Å². The molecule has 1 saturated heterocycles. The van der Waals surface area contributed by atoms with Gasteiger partial charge in [-0.05, 0) is 24.1 Å². The minimum atomic E-state index is -4.33. The van der Waals surface area contributed by atoms with Crippen molar-refractivity contribution < 1.29 is 18.0 Å². The summed E-state index contributed by atoms with van der Waals surface area (Å²) in [6.45, 7) is 2.11. The van der Waals surface area contributed by atoms with Gasteiger partial charge in [-0.15, -0.1) is 5.10 Å². The number of carbonyl (C=O) groups is 1. The Bertz CT molecular complexity index is 676. The van der Waals surface area contributed by atoms with E-state index < -0.39 is 11.7 Å². The lowest BCUT2D eigenvalue weighted by molar-refractivity contribution is -0.138. The van der Waals surface area contributed by atoms with E-state index >= 15 is 0 Å². The Morgan fingerprint density at radius 2 is 1.92 bits per heavy atom. The molecule has 0 spiro atoms. The van der Waals surface area contributed by atoms with Gasteiger partial charge in [0.1, 0.15) is 0 Å². The number of benzene rings is 1. The van der Waals surface area contributed by atoms with Gasteiger partial charge in [0.2, 0.25) is 5.91 Å². The molecule has 8 heteroatoms. The maximum Gasteiger partial charge on any atom is 0.416 e. The monoisotopic (exact) mass is 338 g/mol. The van der Waals surface area contributed by atoms with Crippen LogP contribution < -0.4 is 0 Å². The van der Waals surface area contributed by atoms with Crippen molar-refractivity contribution in [1.82, 2.24) is 19.9 Å². The molecule has 3 rings (SSSR count). The molecular weight excluding hydrogens is 321 g/mol. The van der Waals surface area contributed by atoms with E-state index in [0.717, 1.165) is 24.2 Å². The number of aromatic nitrogens is 3. The molecule has 0 unspecified atom stereocenters. The second kappa shape index (κ2) is 6.62. The molecule has 1 amide bonds. The van der Waals surface area contributed by atoms with Crippen molar-refractivity contribution >= 4 is 5.91 Å². The third kappa shape index (κ3) is 3.93. The first-order valence-electron chi connectivity index (χ1n) is 7.70. The van der Waals surface area contributed by atoms with Crippen LogP contribution >= 0.6 is 0 Å². The topological polar surface area (TPSA) is 51.0 Å². The largest absolute Gasteiger partial charge is 0.416 e. The van der Waals surface area contributed by atoms with Gasteiger partial charge in [-0.2, -0.15) is 13.2 Å². The van der Waals surface area contributed by atoms with Gasteiger partial charge < -0.3 is 4.90 Å². The quantitative estimate of drug-likeness (QED) is 0.841. The molecule has 1 aliphatic heterocycles. The molecule has 0 atom stereocenters. The SMILES string of the molecule is O=C(CCc1ccc(C(F)(F)F)cc1)N1CC(Cn2ccnn2)C1. The molecule has 1 fully saturated rings. The number of alkyl halides is 3. The van der Waals surface area contributed by atoms with Crippen molar-refractivity contribution in [2.45, 2.75) is 25.6 Å². The maximum atomic E-state index is 12.5. The lowest BCUT2D eigenvalue weighted by Crippen LogP contribution is -2.51. The van der Waals surface area contributed by atoms with Crippen molar-refractivity contribution in [3.05, 3.63) is 47.8 Å². The minimum Gasteiger partial charge on any atom is -0.342 e. The highest BCUT2D eigenvalue weighted by Gasteiger charge is 2.31. The molecule has 1 aromatic carbocycles. The zero-order chi connectivity index (χ0) is 17.2. The van der Waals surface area contributed by atoms with Crippen LogP contribution in [-0.4, -0.2) is 38.9 Å². The summed E-state index contributed by atoms with van der Waals surface area (Å²) in [6.07, 6.45) is -0.172. The molecule has 0 saturated carbocycles. The highest BCUT2D eigenvalue weighted by Crippen LogP contribution is 2.29. The maximum absolute atomic E-state index is 12.5. The van der Waals surface area contributed by atoms with Crippen LogP contribution in [0.4, 0.5) is 13.2 Å². The van der Waals surface area contributed by atoms with Crippen molar-refractivity contribution in [3.63, 3.8) is 0 Å². The average Bonchev–Trinajstić information content (AvgIpc) is 3.01. The molecule has 5 nitrogen and oxygen atoms in total. The van der Waals surface area contributed by atoms with Gasteiger partial charge in [0, 0.05) is 38.2 Å². The fraction of sp³-hybridized carbons (Fsp3) is 0.438. The molecular formula is C16H17F3N4O. The van der Waals surface area contributed by atoms with Crippen LogP contribution in [0.25, 0.3) is 0 Å². The van der Waals surface area contributed by atoms with Crippen LogP contribution in [0.15, 0.2) is 36.7 Å². The van der Waals surface area contributed by atoms with E-state index in [0.29, 0.717) is 31.8 Å². The number of halogens is 3. The van der Waals surface area contributed by atoms with E-state index in [9.17, 15) is 18.0 Å². The lowest BCUT2D eigenvalue weighted by Gasteiger charge is -2.39. The number of likely N-dealkylation sites (tertiary alicyclic amines) is 1. The predicted molar refractivity (Wildman–Crippen MR) is 79.9 cm³/mol. The summed E-state index contributed by atoms with van der Waals surface area (Å²) >= 11 is 0. The van der Waals surface area contributed by atoms with Crippen LogP contribution in [0.2, 0.25) is 0 Å². The number of amides is 1. The molecule has 1 aliphatic rings. The van der Waals surface area contributed by atoms with Gasteiger partial charge in [-0.25, -0.2) is 0 Å². The van der Waals surface area contributed by atoms with Crippen LogP contribution in [0.3, 0.4) is 0 Å². The predicted octanol–water partition coefficient (Wildman–Crippen LogP) is 2.39. The molecule has 2 heterocycles. The fourth-order valence-corrected chi connectivity index (χ4v) is 2.75. The number of rotatable bonds is 5. The highest BCUT2D eigenvalue weighted by atomic mass is 19.4. The first kappa shape index (κ1) is 16.5. The second-order valence-corrected chi connectivity index (χ2v) is 5.98. The normalized spacial score (nSPS) is 15.4. The number of aryl methyl sites for hydroxylation is 1. The molecule has 0 aliphatic carbocycles. The van der Waals surface area contributed by atoms with Crippen molar-refractivity contribution in [3.8, 4) is 0 Å².